The highest BCUT2D eigenvalue weighted by atomic mass is 16.3. The molecule has 38 heavy (non-hydrogen) atoms. The van der Waals surface area contributed by atoms with Crippen LogP contribution in [0.25, 0.3) is 10.9 Å². The van der Waals surface area contributed by atoms with E-state index in [1.807, 2.05) is 18.2 Å². The largest absolute Gasteiger partial charge is 0.467 e. The summed E-state index contributed by atoms with van der Waals surface area (Å²) in [5.41, 5.74) is 3.34. The minimum Gasteiger partial charge on any atom is -0.467 e. The molecule has 0 fully saturated rings. The van der Waals surface area contributed by atoms with E-state index in [2.05, 4.69) is 31.3 Å². The maximum Gasteiger partial charge on any atom is 0.332 e. The number of rotatable bonds is 8. The van der Waals surface area contributed by atoms with Crippen molar-refractivity contribution in [3.63, 3.8) is 0 Å². The summed E-state index contributed by atoms with van der Waals surface area (Å²) in [7, 11) is 0. The van der Waals surface area contributed by atoms with Crippen molar-refractivity contribution in [3.05, 3.63) is 140 Å². The first-order chi connectivity index (χ1) is 18.4. The standard InChI is InChI=1S/C31H29N3O4/c1-21(2)24-13-9-22(10-14-24)19-33-28-8-4-3-7-27(28)30(36)34(31(33)37)20-23-11-15-25(16-12-23)29(35)32-18-26-6-5-17-38-26/h3-17,21H,18-20H2,1-2H3,(H,32,35). The number of benzene rings is 3. The Labute approximate surface area is 220 Å². The lowest BCUT2D eigenvalue weighted by atomic mass is 10.0. The zero-order valence-electron chi connectivity index (χ0n) is 21.4. The summed E-state index contributed by atoms with van der Waals surface area (Å²) in [4.78, 5) is 39.4. The van der Waals surface area contributed by atoms with Crippen LogP contribution in [0, 0.1) is 0 Å². The fraction of sp³-hybridized carbons (Fsp3) is 0.194. The van der Waals surface area contributed by atoms with Crippen molar-refractivity contribution in [3.8, 4) is 0 Å². The molecule has 1 N–H and O–H groups in total. The molecule has 5 aromatic rings. The number of hydrogen-bond donors (Lipinski definition) is 1. The fourth-order valence-corrected chi connectivity index (χ4v) is 4.48. The summed E-state index contributed by atoms with van der Waals surface area (Å²) in [5.74, 6) is 0.849. The Morgan fingerprint density at radius 1 is 0.816 bits per heavy atom. The summed E-state index contributed by atoms with van der Waals surface area (Å²) in [6.45, 7) is 5.03. The lowest BCUT2D eigenvalue weighted by Gasteiger charge is -2.15. The molecule has 2 aromatic heterocycles. The van der Waals surface area contributed by atoms with Crippen LogP contribution in [0.5, 0.6) is 0 Å². The molecule has 0 atom stereocenters. The van der Waals surface area contributed by atoms with Crippen molar-refractivity contribution in [2.24, 2.45) is 0 Å². The van der Waals surface area contributed by atoms with Crippen LogP contribution in [0.15, 0.2) is 105 Å². The Morgan fingerprint density at radius 2 is 1.47 bits per heavy atom. The van der Waals surface area contributed by atoms with E-state index in [9.17, 15) is 14.4 Å². The fourth-order valence-electron chi connectivity index (χ4n) is 4.48. The number of nitrogens with one attached hydrogen (secondary N) is 1. The third-order valence-electron chi connectivity index (χ3n) is 6.68. The third kappa shape index (κ3) is 5.22. The minimum absolute atomic E-state index is 0.100. The van der Waals surface area contributed by atoms with E-state index < -0.39 is 0 Å². The van der Waals surface area contributed by atoms with Crippen molar-refractivity contribution >= 4 is 16.8 Å². The van der Waals surface area contributed by atoms with Gasteiger partial charge in [0.1, 0.15) is 5.76 Å². The van der Waals surface area contributed by atoms with E-state index in [1.165, 1.54) is 10.1 Å². The maximum atomic E-state index is 13.6. The lowest BCUT2D eigenvalue weighted by molar-refractivity contribution is 0.0948. The molecule has 0 aliphatic rings. The molecule has 7 nitrogen and oxygen atoms in total. The van der Waals surface area contributed by atoms with Gasteiger partial charge in [-0.1, -0.05) is 62.4 Å². The van der Waals surface area contributed by atoms with Gasteiger partial charge in [-0.25, -0.2) is 4.79 Å². The molecule has 0 aliphatic carbocycles. The molecule has 0 saturated heterocycles. The van der Waals surface area contributed by atoms with Crippen LogP contribution in [-0.2, 0) is 19.6 Å². The normalized spacial score (nSPS) is 11.2. The molecule has 1 amide bonds. The number of carbonyl (C=O) groups is 1. The Morgan fingerprint density at radius 3 is 2.13 bits per heavy atom. The first-order valence-corrected chi connectivity index (χ1v) is 12.6. The van der Waals surface area contributed by atoms with Crippen molar-refractivity contribution in [1.29, 1.82) is 0 Å². The molecule has 5 rings (SSSR count). The Kier molecular flexibility index (Phi) is 7.09. The smallest absolute Gasteiger partial charge is 0.332 e. The Hall–Kier alpha value is -4.65. The van der Waals surface area contributed by atoms with Crippen LogP contribution < -0.4 is 16.6 Å². The second kappa shape index (κ2) is 10.8. The van der Waals surface area contributed by atoms with Crippen molar-refractivity contribution in [2.75, 3.05) is 0 Å². The van der Waals surface area contributed by atoms with E-state index in [4.69, 9.17) is 4.42 Å². The Bertz CT molecular complexity index is 1680. The molecule has 0 unspecified atom stereocenters. The minimum atomic E-state index is -0.373. The van der Waals surface area contributed by atoms with Crippen molar-refractivity contribution in [1.82, 2.24) is 14.5 Å². The van der Waals surface area contributed by atoms with Gasteiger partial charge in [0.15, 0.2) is 0 Å². The second-order valence-electron chi connectivity index (χ2n) is 9.63. The van der Waals surface area contributed by atoms with Crippen LogP contribution >= 0.6 is 0 Å². The molecular formula is C31H29N3O4. The van der Waals surface area contributed by atoms with Crippen molar-refractivity contribution in [2.45, 2.75) is 39.4 Å². The quantitative estimate of drug-likeness (QED) is 0.324. The highest BCUT2D eigenvalue weighted by molar-refractivity contribution is 5.94. The first kappa shape index (κ1) is 25.0. The summed E-state index contributed by atoms with van der Waals surface area (Å²) < 4.78 is 8.15. The molecule has 0 saturated carbocycles. The third-order valence-corrected chi connectivity index (χ3v) is 6.68. The van der Waals surface area contributed by atoms with Crippen LogP contribution in [0.2, 0.25) is 0 Å². The van der Waals surface area contributed by atoms with E-state index >= 15 is 0 Å². The van der Waals surface area contributed by atoms with Gasteiger partial charge < -0.3 is 9.73 Å². The number of amides is 1. The molecular weight excluding hydrogens is 478 g/mol. The predicted octanol–water partition coefficient (Wildman–Crippen LogP) is 4.91. The van der Waals surface area contributed by atoms with Gasteiger partial charge in [0.05, 0.1) is 36.8 Å². The second-order valence-corrected chi connectivity index (χ2v) is 9.63. The topological polar surface area (TPSA) is 86.2 Å². The number of aromatic nitrogens is 2. The van der Waals surface area contributed by atoms with Crippen LogP contribution in [-0.4, -0.2) is 15.0 Å². The van der Waals surface area contributed by atoms with Gasteiger partial charge in [-0.05, 0) is 59.0 Å². The molecule has 192 valence electrons. The molecule has 0 bridgehead atoms. The molecule has 0 aliphatic heterocycles. The maximum absolute atomic E-state index is 13.6. The van der Waals surface area contributed by atoms with Crippen LogP contribution in [0.3, 0.4) is 0 Å². The summed E-state index contributed by atoms with van der Waals surface area (Å²) in [6, 6.07) is 25.9. The van der Waals surface area contributed by atoms with Gasteiger partial charge >= 0.3 is 5.69 Å². The molecule has 3 aromatic carbocycles. The number of fused-ring (bicyclic) bond motifs is 1. The van der Waals surface area contributed by atoms with Gasteiger partial charge in [0.2, 0.25) is 0 Å². The number of nitrogens with zero attached hydrogens (tertiary/aromatic N) is 2. The van der Waals surface area contributed by atoms with Gasteiger partial charge in [-0.3, -0.25) is 18.7 Å². The van der Waals surface area contributed by atoms with E-state index in [1.54, 1.807) is 65.4 Å². The number of para-hydroxylation sites is 1. The number of furan rings is 1. The van der Waals surface area contributed by atoms with Gasteiger partial charge in [0, 0.05) is 5.56 Å². The van der Waals surface area contributed by atoms with Crippen LogP contribution in [0.1, 0.15) is 52.6 Å². The molecule has 2 heterocycles. The molecule has 0 radical (unpaired) electrons. The SMILES string of the molecule is CC(C)c1ccc(Cn2c(=O)n(Cc3ccc(C(=O)NCc4ccco4)cc3)c(=O)c3ccccc32)cc1. The van der Waals surface area contributed by atoms with E-state index in [0.29, 0.717) is 41.2 Å². The predicted molar refractivity (Wildman–Crippen MR) is 148 cm³/mol. The van der Waals surface area contributed by atoms with Gasteiger partial charge in [-0.15, -0.1) is 0 Å². The average Bonchev–Trinajstić information content (AvgIpc) is 3.46. The molecule has 7 heteroatoms. The lowest BCUT2D eigenvalue weighted by Crippen LogP contribution is -2.40. The van der Waals surface area contributed by atoms with E-state index in [-0.39, 0.29) is 23.7 Å². The van der Waals surface area contributed by atoms with Gasteiger partial charge in [0.25, 0.3) is 11.5 Å². The summed E-state index contributed by atoms with van der Waals surface area (Å²) >= 11 is 0. The summed E-state index contributed by atoms with van der Waals surface area (Å²) in [6.07, 6.45) is 1.56. The van der Waals surface area contributed by atoms with E-state index in [0.717, 1.165) is 11.1 Å². The van der Waals surface area contributed by atoms with Crippen LogP contribution in [0.4, 0.5) is 0 Å². The molecule has 0 spiro atoms. The highest BCUT2D eigenvalue weighted by Gasteiger charge is 2.14. The average molecular weight is 508 g/mol. The monoisotopic (exact) mass is 507 g/mol. The Balaban J connectivity index is 1.42. The zero-order chi connectivity index (χ0) is 26.6. The summed E-state index contributed by atoms with van der Waals surface area (Å²) in [5, 5.41) is 3.29. The van der Waals surface area contributed by atoms with Crippen molar-refractivity contribution < 1.29 is 9.21 Å². The number of hydrogen-bond acceptors (Lipinski definition) is 4. The number of carbonyl (C=O) groups excluding carboxylic acids is 1. The zero-order valence-corrected chi connectivity index (χ0v) is 21.4. The highest BCUT2D eigenvalue weighted by Crippen LogP contribution is 2.16. The van der Waals surface area contributed by atoms with Gasteiger partial charge in [-0.2, -0.15) is 0 Å². The first-order valence-electron chi connectivity index (χ1n) is 12.6.